The molecule has 3 rings (SSSR count). The van der Waals surface area contributed by atoms with E-state index in [2.05, 4.69) is 10.6 Å². The number of ether oxygens (including phenoxy) is 1. The van der Waals surface area contributed by atoms with Gasteiger partial charge in [-0.2, -0.15) is 0 Å². The average molecular weight is 468 g/mol. The number of methoxy groups -OCH3 is 1. The number of hydrogen-bond acceptors (Lipinski definition) is 5. The lowest BCUT2D eigenvalue weighted by Gasteiger charge is -2.39. The van der Waals surface area contributed by atoms with Gasteiger partial charge in [0.15, 0.2) is 0 Å². The number of benzene rings is 2. The summed E-state index contributed by atoms with van der Waals surface area (Å²) in [6.45, 7) is 3.64. The van der Waals surface area contributed by atoms with Crippen molar-refractivity contribution in [2.24, 2.45) is 5.92 Å². The molecule has 9 heteroatoms. The van der Waals surface area contributed by atoms with Crippen molar-refractivity contribution in [3.8, 4) is 0 Å². The molecule has 3 amide bonds. The van der Waals surface area contributed by atoms with Crippen LogP contribution in [0.25, 0.3) is 0 Å². The summed E-state index contributed by atoms with van der Waals surface area (Å²) in [5.74, 6) is -2.58. The van der Waals surface area contributed by atoms with E-state index in [0.717, 1.165) is 5.56 Å². The number of fused-ring (bicyclic) bond motifs is 1. The van der Waals surface area contributed by atoms with Crippen molar-refractivity contribution >= 4 is 35.1 Å². The Labute approximate surface area is 198 Å². The van der Waals surface area contributed by atoms with Crippen LogP contribution < -0.4 is 15.5 Å². The van der Waals surface area contributed by atoms with E-state index in [1.54, 1.807) is 30.3 Å². The van der Waals surface area contributed by atoms with Crippen LogP contribution >= 0.6 is 0 Å². The van der Waals surface area contributed by atoms with Crippen LogP contribution in [0.5, 0.6) is 0 Å². The first-order valence-corrected chi connectivity index (χ1v) is 11.1. The molecule has 0 saturated carbocycles. The molecule has 2 aromatic carbocycles. The van der Waals surface area contributed by atoms with E-state index >= 15 is 0 Å². The third kappa shape index (κ3) is 5.43. The monoisotopic (exact) mass is 467 g/mol. The second-order valence-electron chi connectivity index (χ2n) is 8.30. The Morgan fingerprint density at radius 1 is 1.18 bits per heavy atom. The molecule has 0 aliphatic carbocycles. The van der Waals surface area contributed by atoms with E-state index < -0.39 is 24.0 Å². The van der Waals surface area contributed by atoms with Gasteiger partial charge in [-0.15, -0.1) is 0 Å². The Hall–Kier alpha value is -3.72. The summed E-state index contributed by atoms with van der Waals surface area (Å²) in [6, 6.07) is 11.7. The summed E-state index contributed by atoms with van der Waals surface area (Å²) < 4.78 is 5.00. The Balaban J connectivity index is 1.88. The maximum atomic E-state index is 12.9. The van der Waals surface area contributed by atoms with E-state index in [9.17, 15) is 24.3 Å². The Morgan fingerprint density at radius 3 is 2.50 bits per heavy atom. The number of amides is 3. The molecule has 3 unspecified atom stereocenters. The average Bonchev–Trinajstić information content (AvgIpc) is 2.82. The molecule has 0 bridgehead atoms. The van der Waals surface area contributed by atoms with Crippen LogP contribution in [-0.2, 0) is 25.5 Å². The van der Waals surface area contributed by atoms with Crippen molar-refractivity contribution in [2.45, 2.75) is 38.8 Å². The smallest absolute Gasteiger partial charge is 0.326 e. The SMILES string of the molecule is CCC(C)C1C(=O)Nc2cc(C(=O)NC(Cc3ccccc3)C(=O)O)ccc2N1C(=O)COC. The number of hydrogen-bond donors (Lipinski definition) is 3. The highest BCUT2D eigenvalue weighted by molar-refractivity contribution is 6.13. The van der Waals surface area contributed by atoms with E-state index in [1.165, 1.54) is 24.1 Å². The van der Waals surface area contributed by atoms with Gasteiger partial charge in [-0.05, 0) is 29.7 Å². The molecular weight excluding hydrogens is 438 g/mol. The standard InChI is InChI=1S/C25H29N3O6/c1-4-15(2)22-24(31)26-18-13-17(10-11-20(18)28(22)21(29)14-34-3)23(30)27-19(25(32)33)12-16-8-6-5-7-9-16/h5-11,13,15,19,22H,4,12,14H2,1-3H3,(H,26,31)(H,27,30)(H,32,33). The van der Waals surface area contributed by atoms with Gasteiger partial charge < -0.3 is 20.5 Å². The normalized spacial score (nSPS) is 16.7. The van der Waals surface area contributed by atoms with Crippen LogP contribution in [0.1, 0.15) is 36.2 Å². The summed E-state index contributed by atoms with van der Waals surface area (Å²) in [5, 5.41) is 14.9. The van der Waals surface area contributed by atoms with Gasteiger partial charge >= 0.3 is 5.97 Å². The van der Waals surface area contributed by atoms with Crippen molar-refractivity contribution in [1.82, 2.24) is 5.32 Å². The molecule has 0 radical (unpaired) electrons. The summed E-state index contributed by atoms with van der Waals surface area (Å²) in [6.07, 6.45) is 0.808. The molecule has 1 heterocycles. The summed E-state index contributed by atoms with van der Waals surface area (Å²) in [7, 11) is 1.41. The van der Waals surface area contributed by atoms with Gasteiger partial charge in [0, 0.05) is 19.1 Å². The van der Waals surface area contributed by atoms with E-state index in [4.69, 9.17) is 4.74 Å². The maximum absolute atomic E-state index is 12.9. The molecule has 1 aliphatic heterocycles. The van der Waals surface area contributed by atoms with Crippen molar-refractivity contribution in [2.75, 3.05) is 23.9 Å². The largest absolute Gasteiger partial charge is 0.480 e. The van der Waals surface area contributed by atoms with E-state index in [1.807, 2.05) is 19.9 Å². The van der Waals surface area contributed by atoms with Crippen LogP contribution in [-0.4, -0.2) is 54.6 Å². The van der Waals surface area contributed by atoms with Gasteiger partial charge in [-0.3, -0.25) is 19.3 Å². The molecule has 2 aromatic rings. The minimum atomic E-state index is -1.16. The lowest BCUT2D eigenvalue weighted by atomic mass is 9.93. The fourth-order valence-electron chi connectivity index (χ4n) is 3.97. The molecule has 9 nitrogen and oxygen atoms in total. The lowest BCUT2D eigenvalue weighted by Crippen LogP contribution is -2.55. The number of nitrogens with one attached hydrogen (secondary N) is 2. The minimum absolute atomic E-state index is 0.105. The van der Waals surface area contributed by atoms with Gasteiger partial charge in [0.2, 0.25) is 5.91 Å². The van der Waals surface area contributed by atoms with Crippen LogP contribution in [0.4, 0.5) is 11.4 Å². The zero-order valence-electron chi connectivity index (χ0n) is 19.4. The first-order chi connectivity index (χ1) is 16.3. The Kier molecular flexibility index (Phi) is 8.01. The number of carbonyl (C=O) groups is 4. The molecule has 180 valence electrons. The molecule has 3 atom stereocenters. The summed E-state index contributed by atoms with van der Waals surface area (Å²) in [4.78, 5) is 51.7. The maximum Gasteiger partial charge on any atom is 0.326 e. The second kappa shape index (κ2) is 10.9. The van der Waals surface area contributed by atoms with Gasteiger partial charge in [0.05, 0.1) is 11.4 Å². The van der Waals surface area contributed by atoms with Crippen molar-refractivity contribution < 1.29 is 29.0 Å². The number of aliphatic carboxylic acids is 1. The van der Waals surface area contributed by atoms with Crippen LogP contribution in [0.15, 0.2) is 48.5 Å². The number of rotatable bonds is 9. The minimum Gasteiger partial charge on any atom is -0.480 e. The zero-order valence-corrected chi connectivity index (χ0v) is 19.4. The van der Waals surface area contributed by atoms with Crippen molar-refractivity contribution in [3.63, 3.8) is 0 Å². The Bertz CT molecular complexity index is 1070. The van der Waals surface area contributed by atoms with Crippen molar-refractivity contribution in [1.29, 1.82) is 0 Å². The van der Waals surface area contributed by atoms with Crippen LogP contribution in [0.2, 0.25) is 0 Å². The van der Waals surface area contributed by atoms with Crippen LogP contribution in [0, 0.1) is 5.92 Å². The quantitative estimate of drug-likeness (QED) is 0.520. The van der Waals surface area contributed by atoms with Gasteiger partial charge in [-0.1, -0.05) is 50.6 Å². The molecule has 0 spiro atoms. The molecular formula is C25H29N3O6. The summed E-state index contributed by atoms with van der Waals surface area (Å²) in [5.41, 5.74) is 1.70. The molecule has 0 fully saturated rings. The number of carbonyl (C=O) groups excluding carboxylic acids is 3. The zero-order chi connectivity index (χ0) is 24.8. The highest BCUT2D eigenvalue weighted by Gasteiger charge is 2.39. The van der Waals surface area contributed by atoms with E-state index in [-0.39, 0.29) is 36.3 Å². The highest BCUT2D eigenvalue weighted by atomic mass is 16.5. The first kappa shape index (κ1) is 24.9. The predicted octanol–water partition coefficient (Wildman–Crippen LogP) is 2.46. The number of carboxylic acids is 1. The van der Waals surface area contributed by atoms with Gasteiger partial charge in [0.25, 0.3) is 11.8 Å². The summed E-state index contributed by atoms with van der Waals surface area (Å²) >= 11 is 0. The highest BCUT2D eigenvalue weighted by Crippen LogP contribution is 2.36. The third-order valence-electron chi connectivity index (χ3n) is 5.93. The first-order valence-electron chi connectivity index (χ1n) is 11.1. The van der Waals surface area contributed by atoms with E-state index in [0.29, 0.717) is 17.8 Å². The molecule has 34 heavy (non-hydrogen) atoms. The van der Waals surface area contributed by atoms with Crippen molar-refractivity contribution in [3.05, 3.63) is 59.7 Å². The lowest BCUT2D eigenvalue weighted by molar-refractivity contribution is -0.139. The number of anilines is 2. The third-order valence-corrected chi connectivity index (χ3v) is 5.93. The van der Waals surface area contributed by atoms with Crippen LogP contribution in [0.3, 0.4) is 0 Å². The predicted molar refractivity (Wildman–Crippen MR) is 127 cm³/mol. The molecule has 3 N–H and O–H groups in total. The second-order valence-corrected chi connectivity index (χ2v) is 8.30. The molecule has 0 saturated heterocycles. The number of carboxylic acid groups (broad SMARTS) is 1. The Morgan fingerprint density at radius 2 is 1.88 bits per heavy atom. The van der Waals surface area contributed by atoms with Gasteiger partial charge in [-0.25, -0.2) is 4.79 Å². The molecule has 0 aromatic heterocycles. The fraction of sp³-hybridized carbons (Fsp3) is 0.360. The topological polar surface area (TPSA) is 125 Å². The van der Waals surface area contributed by atoms with Gasteiger partial charge in [0.1, 0.15) is 18.7 Å². The fourth-order valence-corrected chi connectivity index (χ4v) is 3.97. The number of nitrogens with zero attached hydrogens (tertiary/aromatic N) is 1. The molecule has 1 aliphatic rings.